The summed E-state index contributed by atoms with van der Waals surface area (Å²) in [5.74, 6) is 0. The fourth-order valence-corrected chi connectivity index (χ4v) is 0.609. The van der Waals surface area contributed by atoms with Gasteiger partial charge in [0.1, 0.15) is 0 Å². The van der Waals surface area contributed by atoms with Crippen molar-refractivity contribution in [2.24, 2.45) is 0 Å². The van der Waals surface area contributed by atoms with Crippen molar-refractivity contribution in [3.63, 3.8) is 0 Å². The highest BCUT2D eigenvalue weighted by Crippen LogP contribution is 2.11. The van der Waals surface area contributed by atoms with Gasteiger partial charge in [-0.05, 0) is 13.8 Å². The van der Waals surface area contributed by atoms with Gasteiger partial charge in [-0.3, -0.25) is 0 Å². The van der Waals surface area contributed by atoms with Crippen LogP contribution in [0.3, 0.4) is 0 Å². The molecule has 1 unspecified atom stereocenters. The van der Waals surface area contributed by atoms with Crippen molar-refractivity contribution in [3.05, 3.63) is 24.3 Å². The fourth-order valence-electron chi connectivity index (χ4n) is 0.345. The first kappa shape index (κ1) is 7.96. The first-order chi connectivity index (χ1) is 3.72. The zero-order chi connectivity index (χ0) is 6.57. The minimum atomic E-state index is 0.354. The number of allylic oxidation sites excluding steroid dienone is 3. The van der Waals surface area contributed by atoms with Crippen LogP contribution in [0.25, 0.3) is 0 Å². The standard InChI is InChI=1S/C7H11Br/c1-4-6(3)7(8)5-2/h4-5,7H,2H2,1,3H3/b6-4+. The van der Waals surface area contributed by atoms with Gasteiger partial charge in [0.05, 0.1) is 4.83 Å². The summed E-state index contributed by atoms with van der Waals surface area (Å²) >= 11 is 3.42. The van der Waals surface area contributed by atoms with Crippen LogP contribution in [0, 0.1) is 0 Å². The average molecular weight is 175 g/mol. The molecule has 0 nitrogen and oxygen atoms in total. The Kier molecular flexibility index (Phi) is 3.88. The second-order valence-corrected chi connectivity index (χ2v) is 2.66. The molecule has 0 aromatic carbocycles. The Labute approximate surface area is 59.4 Å². The molecule has 8 heavy (non-hydrogen) atoms. The van der Waals surface area contributed by atoms with Gasteiger partial charge in [0.2, 0.25) is 0 Å². The second kappa shape index (κ2) is 3.90. The van der Waals surface area contributed by atoms with Gasteiger partial charge >= 0.3 is 0 Å². The largest absolute Gasteiger partial charge is 0.102 e. The second-order valence-electron chi connectivity index (χ2n) is 1.67. The Morgan fingerprint density at radius 3 is 2.38 bits per heavy atom. The van der Waals surface area contributed by atoms with Crippen molar-refractivity contribution < 1.29 is 0 Å². The van der Waals surface area contributed by atoms with Crippen LogP contribution < -0.4 is 0 Å². The number of rotatable bonds is 2. The van der Waals surface area contributed by atoms with Gasteiger partial charge in [0.15, 0.2) is 0 Å². The van der Waals surface area contributed by atoms with Crippen molar-refractivity contribution in [1.82, 2.24) is 0 Å². The van der Waals surface area contributed by atoms with Gasteiger partial charge in [-0.1, -0.05) is 33.7 Å². The molecule has 0 fully saturated rings. The van der Waals surface area contributed by atoms with Crippen molar-refractivity contribution >= 4 is 15.9 Å². The van der Waals surface area contributed by atoms with Gasteiger partial charge in [0.25, 0.3) is 0 Å². The lowest BCUT2D eigenvalue weighted by Gasteiger charge is -2.00. The lowest BCUT2D eigenvalue weighted by molar-refractivity contribution is 1.24. The lowest BCUT2D eigenvalue weighted by atomic mass is 10.2. The van der Waals surface area contributed by atoms with Gasteiger partial charge in [0, 0.05) is 0 Å². The Bertz CT molecular complexity index is 103. The third-order valence-corrected chi connectivity index (χ3v) is 2.19. The first-order valence-electron chi connectivity index (χ1n) is 2.61. The molecule has 0 amide bonds. The van der Waals surface area contributed by atoms with E-state index < -0.39 is 0 Å². The van der Waals surface area contributed by atoms with Crippen molar-refractivity contribution in [3.8, 4) is 0 Å². The number of hydrogen-bond donors (Lipinski definition) is 0. The zero-order valence-electron chi connectivity index (χ0n) is 5.32. The van der Waals surface area contributed by atoms with Gasteiger partial charge in [-0.15, -0.1) is 6.58 Å². The molecule has 0 heterocycles. The zero-order valence-corrected chi connectivity index (χ0v) is 6.90. The summed E-state index contributed by atoms with van der Waals surface area (Å²) in [5.41, 5.74) is 1.31. The minimum absolute atomic E-state index is 0.354. The summed E-state index contributed by atoms with van der Waals surface area (Å²) in [6.45, 7) is 7.73. The highest BCUT2D eigenvalue weighted by Gasteiger charge is 1.95. The molecule has 1 atom stereocenters. The maximum Gasteiger partial charge on any atom is 0.0529 e. The van der Waals surface area contributed by atoms with E-state index in [2.05, 4.69) is 35.5 Å². The maximum atomic E-state index is 3.64. The molecular weight excluding hydrogens is 164 g/mol. The third kappa shape index (κ3) is 2.31. The normalized spacial score (nSPS) is 15.6. The first-order valence-corrected chi connectivity index (χ1v) is 3.53. The van der Waals surface area contributed by atoms with Crippen LogP contribution in [0.4, 0.5) is 0 Å². The summed E-state index contributed by atoms with van der Waals surface area (Å²) in [4.78, 5) is 0.354. The molecular formula is C7H11Br. The summed E-state index contributed by atoms with van der Waals surface area (Å²) in [6.07, 6.45) is 3.94. The van der Waals surface area contributed by atoms with Gasteiger partial charge in [-0.2, -0.15) is 0 Å². The van der Waals surface area contributed by atoms with Crippen LogP contribution >= 0.6 is 15.9 Å². The van der Waals surface area contributed by atoms with E-state index in [1.165, 1.54) is 5.57 Å². The van der Waals surface area contributed by atoms with E-state index in [4.69, 9.17) is 0 Å². The Balaban J connectivity index is 3.81. The van der Waals surface area contributed by atoms with Crippen LogP contribution in [-0.4, -0.2) is 4.83 Å². The molecule has 1 heteroatoms. The molecule has 0 spiro atoms. The number of alkyl halides is 1. The lowest BCUT2D eigenvalue weighted by Crippen LogP contribution is -1.91. The summed E-state index contributed by atoms with van der Waals surface area (Å²) in [5, 5.41) is 0. The summed E-state index contributed by atoms with van der Waals surface area (Å²) in [7, 11) is 0. The van der Waals surface area contributed by atoms with E-state index in [0.717, 1.165) is 0 Å². The van der Waals surface area contributed by atoms with E-state index in [9.17, 15) is 0 Å². The molecule has 0 aliphatic heterocycles. The number of halogens is 1. The van der Waals surface area contributed by atoms with E-state index in [1.807, 2.05) is 13.0 Å². The molecule has 0 aliphatic carbocycles. The summed E-state index contributed by atoms with van der Waals surface area (Å²) < 4.78 is 0. The third-order valence-electron chi connectivity index (χ3n) is 1.10. The van der Waals surface area contributed by atoms with Crippen LogP contribution in [-0.2, 0) is 0 Å². The van der Waals surface area contributed by atoms with Crippen LogP contribution in [0.1, 0.15) is 13.8 Å². The fraction of sp³-hybridized carbons (Fsp3) is 0.429. The summed E-state index contributed by atoms with van der Waals surface area (Å²) in [6, 6.07) is 0. The van der Waals surface area contributed by atoms with E-state index >= 15 is 0 Å². The quantitative estimate of drug-likeness (QED) is 0.447. The number of hydrogen-bond acceptors (Lipinski definition) is 0. The van der Waals surface area contributed by atoms with Crippen LogP contribution in [0.15, 0.2) is 24.3 Å². The smallest absolute Gasteiger partial charge is 0.0529 e. The van der Waals surface area contributed by atoms with Crippen LogP contribution in [0.5, 0.6) is 0 Å². The SMILES string of the molecule is C=CC(Br)/C(C)=C/C. The minimum Gasteiger partial charge on any atom is -0.102 e. The van der Waals surface area contributed by atoms with E-state index in [0.29, 0.717) is 4.83 Å². The predicted octanol–water partition coefficient (Wildman–Crippen LogP) is 2.90. The topological polar surface area (TPSA) is 0 Å². The Hall–Kier alpha value is -0.0400. The molecule has 46 valence electrons. The molecule has 0 N–H and O–H groups in total. The van der Waals surface area contributed by atoms with E-state index in [-0.39, 0.29) is 0 Å². The van der Waals surface area contributed by atoms with Gasteiger partial charge < -0.3 is 0 Å². The molecule has 0 radical (unpaired) electrons. The van der Waals surface area contributed by atoms with Crippen molar-refractivity contribution in [1.29, 1.82) is 0 Å². The van der Waals surface area contributed by atoms with Crippen molar-refractivity contribution in [2.45, 2.75) is 18.7 Å². The molecule has 0 aliphatic rings. The average Bonchev–Trinajstić information content (AvgIpc) is 1.84. The monoisotopic (exact) mass is 174 g/mol. The molecule has 0 bridgehead atoms. The highest BCUT2D eigenvalue weighted by molar-refractivity contribution is 9.09. The molecule has 0 saturated carbocycles. The molecule has 0 saturated heterocycles. The van der Waals surface area contributed by atoms with E-state index in [1.54, 1.807) is 0 Å². The molecule has 0 aromatic rings. The van der Waals surface area contributed by atoms with Gasteiger partial charge in [-0.25, -0.2) is 0 Å². The predicted molar refractivity (Wildman–Crippen MR) is 42.3 cm³/mol. The Morgan fingerprint density at radius 1 is 1.75 bits per heavy atom. The molecule has 0 aromatic heterocycles. The maximum absolute atomic E-state index is 3.64. The highest BCUT2D eigenvalue weighted by atomic mass is 79.9. The molecule has 0 rings (SSSR count). The Morgan fingerprint density at radius 2 is 2.25 bits per heavy atom. The van der Waals surface area contributed by atoms with Crippen molar-refractivity contribution in [2.75, 3.05) is 0 Å². The van der Waals surface area contributed by atoms with Crippen LogP contribution in [0.2, 0.25) is 0 Å².